The molecule has 7 nitrogen and oxygen atoms in total. The van der Waals surface area contributed by atoms with Gasteiger partial charge in [0.1, 0.15) is 0 Å². The summed E-state index contributed by atoms with van der Waals surface area (Å²) in [5, 5.41) is 5.72. The number of aromatic nitrogens is 3. The SMILES string of the molecule is CN(CCN)c1n[nH]c(=O)[nH]c1=O. The lowest BCUT2D eigenvalue weighted by Gasteiger charge is -2.14. The molecule has 0 saturated carbocycles. The van der Waals surface area contributed by atoms with Crippen molar-refractivity contribution in [1.29, 1.82) is 0 Å². The number of aromatic amines is 2. The summed E-state index contributed by atoms with van der Waals surface area (Å²) in [6.45, 7) is 0.916. The lowest BCUT2D eigenvalue weighted by atomic mass is 10.5. The zero-order chi connectivity index (χ0) is 9.84. The summed E-state index contributed by atoms with van der Waals surface area (Å²) in [7, 11) is 1.67. The van der Waals surface area contributed by atoms with Gasteiger partial charge in [0.2, 0.25) is 5.82 Å². The van der Waals surface area contributed by atoms with Crippen LogP contribution in [0.3, 0.4) is 0 Å². The maximum Gasteiger partial charge on any atom is 0.342 e. The first-order valence-corrected chi connectivity index (χ1v) is 3.75. The van der Waals surface area contributed by atoms with Crippen LogP contribution in [0.1, 0.15) is 0 Å². The van der Waals surface area contributed by atoms with Gasteiger partial charge in [-0.1, -0.05) is 0 Å². The summed E-state index contributed by atoms with van der Waals surface area (Å²) < 4.78 is 0. The molecule has 1 aromatic heterocycles. The third-order valence-corrected chi connectivity index (χ3v) is 1.52. The van der Waals surface area contributed by atoms with E-state index in [1.54, 1.807) is 11.9 Å². The molecule has 0 saturated heterocycles. The topological polar surface area (TPSA) is 108 Å². The molecule has 1 aromatic rings. The Hall–Kier alpha value is -1.63. The predicted molar refractivity (Wildman–Crippen MR) is 47.8 cm³/mol. The normalized spacial score (nSPS) is 10.0. The first-order chi connectivity index (χ1) is 6.15. The Morgan fingerprint density at radius 1 is 1.54 bits per heavy atom. The fourth-order valence-corrected chi connectivity index (χ4v) is 0.900. The van der Waals surface area contributed by atoms with Crippen LogP contribution < -0.4 is 21.9 Å². The second kappa shape index (κ2) is 3.85. The predicted octanol–water partition coefficient (Wildman–Crippen LogP) is -2.15. The third-order valence-electron chi connectivity index (χ3n) is 1.52. The van der Waals surface area contributed by atoms with E-state index in [1.807, 2.05) is 0 Å². The number of H-pyrrole nitrogens is 2. The maximum absolute atomic E-state index is 11.1. The van der Waals surface area contributed by atoms with E-state index < -0.39 is 11.2 Å². The summed E-state index contributed by atoms with van der Waals surface area (Å²) in [5.74, 6) is 0.157. The molecule has 72 valence electrons. The first kappa shape index (κ1) is 9.46. The summed E-state index contributed by atoms with van der Waals surface area (Å²) in [4.78, 5) is 25.4. The van der Waals surface area contributed by atoms with E-state index in [4.69, 9.17) is 5.73 Å². The molecular weight excluding hydrogens is 174 g/mol. The Morgan fingerprint density at radius 3 is 2.77 bits per heavy atom. The molecule has 0 unspecified atom stereocenters. The van der Waals surface area contributed by atoms with Crippen LogP contribution in [0.5, 0.6) is 0 Å². The van der Waals surface area contributed by atoms with Crippen molar-refractivity contribution in [3.05, 3.63) is 20.8 Å². The van der Waals surface area contributed by atoms with Crippen LogP contribution in [-0.2, 0) is 0 Å². The lowest BCUT2D eigenvalue weighted by molar-refractivity contribution is 0.805. The van der Waals surface area contributed by atoms with Gasteiger partial charge in [0, 0.05) is 20.1 Å². The zero-order valence-electron chi connectivity index (χ0n) is 7.20. The second-order valence-corrected chi connectivity index (χ2v) is 2.54. The molecule has 1 rings (SSSR count). The van der Waals surface area contributed by atoms with Gasteiger partial charge >= 0.3 is 5.69 Å². The van der Waals surface area contributed by atoms with Crippen molar-refractivity contribution in [3.63, 3.8) is 0 Å². The highest BCUT2D eigenvalue weighted by atomic mass is 16.2. The molecule has 7 heteroatoms. The molecule has 0 bridgehead atoms. The number of hydrogen-bond donors (Lipinski definition) is 3. The van der Waals surface area contributed by atoms with Gasteiger partial charge in [0.25, 0.3) is 5.56 Å². The Balaban J connectivity index is 3.02. The van der Waals surface area contributed by atoms with Crippen LogP contribution in [-0.4, -0.2) is 35.3 Å². The minimum absolute atomic E-state index is 0.157. The fourth-order valence-electron chi connectivity index (χ4n) is 0.900. The summed E-state index contributed by atoms with van der Waals surface area (Å²) in [6, 6.07) is 0. The largest absolute Gasteiger partial charge is 0.352 e. The van der Waals surface area contributed by atoms with Crippen molar-refractivity contribution in [2.75, 3.05) is 25.0 Å². The third kappa shape index (κ3) is 2.15. The standard InChI is InChI=1S/C6H11N5O2/c1-11(3-2-7)4-5(12)8-6(13)10-9-4/h2-3,7H2,1H3,(H2,8,10,12,13). The molecule has 0 fully saturated rings. The van der Waals surface area contributed by atoms with Crippen LogP contribution in [0, 0.1) is 0 Å². The van der Waals surface area contributed by atoms with Gasteiger partial charge in [-0.15, -0.1) is 5.10 Å². The lowest BCUT2D eigenvalue weighted by Crippen LogP contribution is -2.34. The van der Waals surface area contributed by atoms with Crippen molar-refractivity contribution in [2.45, 2.75) is 0 Å². The maximum atomic E-state index is 11.1. The molecule has 0 aliphatic heterocycles. The second-order valence-electron chi connectivity index (χ2n) is 2.54. The van der Waals surface area contributed by atoms with Gasteiger partial charge in [-0.25, -0.2) is 9.89 Å². The van der Waals surface area contributed by atoms with Crippen molar-refractivity contribution < 1.29 is 0 Å². The molecule has 0 radical (unpaired) electrons. The van der Waals surface area contributed by atoms with Crippen molar-refractivity contribution in [1.82, 2.24) is 15.2 Å². The molecule has 1 heterocycles. The molecular formula is C6H11N5O2. The molecule has 13 heavy (non-hydrogen) atoms. The summed E-state index contributed by atoms with van der Waals surface area (Å²) >= 11 is 0. The number of nitrogens with two attached hydrogens (primary N) is 1. The Kier molecular flexibility index (Phi) is 2.80. The number of hydrogen-bond acceptors (Lipinski definition) is 5. The fraction of sp³-hybridized carbons (Fsp3) is 0.500. The molecule has 0 amide bonds. The first-order valence-electron chi connectivity index (χ1n) is 3.75. The van der Waals surface area contributed by atoms with E-state index in [0.29, 0.717) is 13.1 Å². The molecule has 0 aliphatic carbocycles. The van der Waals surface area contributed by atoms with Crippen molar-refractivity contribution in [3.8, 4) is 0 Å². The van der Waals surface area contributed by atoms with E-state index in [-0.39, 0.29) is 5.82 Å². The van der Waals surface area contributed by atoms with Crippen LogP contribution in [0.15, 0.2) is 9.59 Å². The van der Waals surface area contributed by atoms with Gasteiger partial charge in [0.15, 0.2) is 0 Å². The zero-order valence-corrected chi connectivity index (χ0v) is 7.20. The van der Waals surface area contributed by atoms with E-state index in [2.05, 4.69) is 15.2 Å². The van der Waals surface area contributed by atoms with E-state index in [0.717, 1.165) is 0 Å². The summed E-state index contributed by atoms with van der Waals surface area (Å²) in [6.07, 6.45) is 0. The number of nitrogens with zero attached hydrogens (tertiary/aromatic N) is 2. The average molecular weight is 185 g/mol. The smallest absolute Gasteiger partial charge is 0.342 e. The minimum atomic E-state index is -0.616. The Morgan fingerprint density at radius 2 is 2.23 bits per heavy atom. The molecule has 0 aliphatic rings. The van der Waals surface area contributed by atoms with E-state index >= 15 is 0 Å². The van der Waals surface area contributed by atoms with E-state index in [1.165, 1.54) is 0 Å². The molecule has 4 N–H and O–H groups in total. The molecule has 0 atom stereocenters. The van der Waals surface area contributed by atoms with Gasteiger partial charge < -0.3 is 10.6 Å². The number of likely N-dealkylation sites (N-methyl/N-ethyl adjacent to an activating group) is 1. The Labute approximate surface area is 73.6 Å². The van der Waals surface area contributed by atoms with Gasteiger partial charge in [-0.2, -0.15) is 0 Å². The van der Waals surface area contributed by atoms with Gasteiger partial charge in [-0.05, 0) is 0 Å². The highest BCUT2D eigenvalue weighted by Crippen LogP contribution is 1.93. The number of anilines is 1. The van der Waals surface area contributed by atoms with E-state index in [9.17, 15) is 9.59 Å². The monoisotopic (exact) mass is 185 g/mol. The van der Waals surface area contributed by atoms with Gasteiger partial charge in [0.05, 0.1) is 0 Å². The quantitative estimate of drug-likeness (QED) is 0.497. The van der Waals surface area contributed by atoms with Crippen molar-refractivity contribution >= 4 is 5.82 Å². The van der Waals surface area contributed by atoms with Crippen LogP contribution in [0.25, 0.3) is 0 Å². The van der Waals surface area contributed by atoms with Crippen molar-refractivity contribution in [2.24, 2.45) is 5.73 Å². The molecule has 0 aromatic carbocycles. The Bertz CT molecular complexity index is 381. The molecule has 0 spiro atoms. The summed E-state index contributed by atoms with van der Waals surface area (Å²) in [5.41, 5.74) is 4.16. The highest BCUT2D eigenvalue weighted by Gasteiger charge is 2.06. The van der Waals surface area contributed by atoms with Gasteiger partial charge in [-0.3, -0.25) is 9.78 Å². The average Bonchev–Trinajstić information content (AvgIpc) is 2.04. The van der Waals surface area contributed by atoms with Crippen LogP contribution >= 0.6 is 0 Å². The van der Waals surface area contributed by atoms with Crippen LogP contribution in [0.4, 0.5) is 5.82 Å². The highest BCUT2D eigenvalue weighted by molar-refractivity contribution is 5.32. The number of rotatable bonds is 3. The minimum Gasteiger partial charge on any atom is -0.352 e. The number of nitrogens with one attached hydrogen (secondary N) is 2. The van der Waals surface area contributed by atoms with Crippen LogP contribution in [0.2, 0.25) is 0 Å².